The Hall–Kier alpha value is -2.32. The lowest BCUT2D eigenvalue weighted by molar-refractivity contribution is -0.119. The molecule has 0 bridgehead atoms. The zero-order valence-corrected chi connectivity index (χ0v) is 16.1. The number of nitrogens with two attached hydrogens (primary N) is 1. The third-order valence-corrected chi connectivity index (χ3v) is 4.09. The number of hydrogen-bond donors (Lipinski definition) is 3. The summed E-state index contributed by atoms with van der Waals surface area (Å²) in [5, 5.41) is 6.63. The van der Waals surface area contributed by atoms with Crippen LogP contribution in [-0.2, 0) is 16.1 Å². The molecule has 1 saturated heterocycles. The molecule has 1 aromatic carbocycles. The first-order valence-electron chi connectivity index (χ1n) is 9.49. The van der Waals surface area contributed by atoms with E-state index in [0.717, 1.165) is 63.9 Å². The van der Waals surface area contributed by atoms with Gasteiger partial charge in [0.05, 0.1) is 19.8 Å². The van der Waals surface area contributed by atoms with Gasteiger partial charge in [0.1, 0.15) is 5.75 Å². The summed E-state index contributed by atoms with van der Waals surface area (Å²) in [6.07, 6.45) is 1.06. The van der Waals surface area contributed by atoms with E-state index >= 15 is 0 Å². The molecular formula is C19H31N5O3. The maximum atomic E-state index is 10.8. The molecule has 0 aromatic heterocycles. The molecule has 1 heterocycles. The number of ether oxygens (including phenoxy) is 2. The van der Waals surface area contributed by atoms with Gasteiger partial charge in [0.25, 0.3) is 5.91 Å². The first kappa shape index (κ1) is 21.0. The summed E-state index contributed by atoms with van der Waals surface area (Å²) in [6.45, 7) is 8.87. The molecule has 8 nitrogen and oxygen atoms in total. The van der Waals surface area contributed by atoms with Gasteiger partial charge in [-0.05, 0) is 37.6 Å². The maximum absolute atomic E-state index is 10.8. The minimum absolute atomic E-state index is 0.125. The van der Waals surface area contributed by atoms with E-state index < -0.39 is 5.91 Å². The predicted molar refractivity (Wildman–Crippen MR) is 106 cm³/mol. The summed E-state index contributed by atoms with van der Waals surface area (Å²) in [7, 11) is 0. The fourth-order valence-corrected chi connectivity index (χ4v) is 2.73. The number of guanidine groups is 1. The zero-order chi connectivity index (χ0) is 19.3. The molecule has 8 heteroatoms. The maximum Gasteiger partial charge on any atom is 0.255 e. The van der Waals surface area contributed by atoms with Crippen molar-refractivity contribution < 1.29 is 14.3 Å². The van der Waals surface area contributed by atoms with Crippen LogP contribution in [0, 0.1) is 0 Å². The molecule has 4 N–H and O–H groups in total. The fourth-order valence-electron chi connectivity index (χ4n) is 2.73. The highest BCUT2D eigenvalue weighted by Gasteiger charge is 2.09. The van der Waals surface area contributed by atoms with Gasteiger partial charge in [0.15, 0.2) is 12.6 Å². The van der Waals surface area contributed by atoms with Gasteiger partial charge in [-0.25, -0.2) is 4.99 Å². The molecule has 1 aliphatic rings. The minimum Gasteiger partial charge on any atom is -0.484 e. The third-order valence-electron chi connectivity index (χ3n) is 4.09. The predicted octanol–water partition coefficient (Wildman–Crippen LogP) is 0.328. The molecular weight excluding hydrogens is 346 g/mol. The van der Waals surface area contributed by atoms with Gasteiger partial charge >= 0.3 is 0 Å². The Morgan fingerprint density at radius 2 is 2.15 bits per heavy atom. The number of morpholine rings is 1. The SMILES string of the molecule is CCNC(=NCc1cccc(OCC(N)=O)c1)NCCCN1CCOCC1. The number of carbonyl (C=O) groups is 1. The van der Waals surface area contributed by atoms with Gasteiger partial charge < -0.3 is 25.8 Å². The average Bonchev–Trinajstić information content (AvgIpc) is 2.69. The molecule has 27 heavy (non-hydrogen) atoms. The number of hydrogen-bond acceptors (Lipinski definition) is 5. The lowest BCUT2D eigenvalue weighted by Gasteiger charge is -2.26. The van der Waals surface area contributed by atoms with Crippen LogP contribution in [0.15, 0.2) is 29.3 Å². The van der Waals surface area contributed by atoms with Gasteiger partial charge in [0, 0.05) is 26.2 Å². The normalized spacial score (nSPS) is 15.4. The van der Waals surface area contributed by atoms with E-state index in [1.54, 1.807) is 6.07 Å². The van der Waals surface area contributed by atoms with Crippen LogP contribution < -0.4 is 21.1 Å². The van der Waals surface area contributed by atoms with Gasteiger partial charge in [0.2, 0.25) is 0 Å². The number of nitrogens with zero attached hydrogens (tertiary/aromatic N) is 2. The monoisotopic (exact) mass is 377 g/mol. The molecule has 0 spiro atoms. The van der Waals surface area contributed by atoms with Crippen molar-refractivity contribution in [2.75, 3.05) is 52.5 Å². The van der Waals surface area contributed by atoms with Gasteiger partial charge in [-0.15, -0.1) is 0 Å². The summed E-state index contributed by atoms with van der Waals surface area (Å²) in [4.78, 5) is 17.9. The summed E-state index contributed by atoms with van der Waals surface area (Å²) in [6, 6.07) is 7.52. The highest BCUT2D eigenvalue weighted by Crippen LogP contribution is 2.13. The topological polar surface area (TPSA) is 101 Å². The molecule has 1 aromatic rings. The standard InChI is InChI=1S/C19H31N5O3/c1-2-21-19(22-7-4-8-24-9-11-26-12-10-24)23-14-16-5-3-6-17(13-16)27-15-18(20)25/h3,5-6,13H,2,4,7-12,14-15H2,1H3,(H2,20,25)(H2,21,22,23). The van der Waals surface area contributed by atoms with Crippen molar-refractivity contribution in [1.82, 2.24) is 15.5 Å². The van der Waals surface area contributed by atoms with E-state index in [1.165, 1.54) is 0 Å². The second-order valence-corrected chi connectivity index (χ2v) is 6.33. The van der Waals surface area contributed by atoms with E-state index in [0.29, 0.717) is 12.3 Å². The van der Waals surface area contributed by atoms with Crippen molar-refractivity contribution in [3.8, 4) is 5.75 Å². The molecule has 0 radical (unpaired) electrons. The summed E-state index contributed by atoms with van der Waals surface area (Å²) >= 11 is 0. The van der Waals surface area contributed by atoms with E-state index in [1.807, 2.05) is 25.1 Å². The van der Waals surface area contributed by atoms with E-state index in [4.69, 9.17) is 15.2 Å². The van der Waals surface area contributed by atoms with Crippen molar-refractivity contribution in [3.05, 3.63) is 29.8 Å². The first-order valence-corrected chi connectivity index (χ1v) is 9.49. The molecule has 1 amide bonds. The van der Waals surface area contributed by atoms with Gasteiger partial charge in [-0.1, -0.05) is 12.1 Å². The number of rotatable bonds is 10. The molecule has 0 aliphatic carbocycles. The highest BCUT2D eigenvalue weighted by atomic mass is 16.5. The van der Waals surface area contributed by atoms with Crippen molar-refractivity contribution in [3.63, 3.8) is 0 Å². The third kappa shape index (κ3) is 8.74. The Morgan fingerprint density at radius 1 is 1.33 bits per heavy atom. The van der Waals surface area contributed by atoms with Crippen LogP contribution in [-0.4, -0.2) is 69.3 Å². The summed E-state index contributed by atoms with van der Waals surface area (Å²) in [5.41, 5.74) is 6.11. The van der Waals surface area contributed by atoms with Crippen molar-refractivity contribution in [2.24, 2.45) is 10.7 Å². The number of primary amides is 1. The summed E-state index contributed by atoms with van der Waals surface area (Å²) < 4.78 is 10.7. The largest absolute Gasteiger partial charge is 0.484 e. The number of nitrogens with one attached hydrogen (secondary N) is 2. The summed E-state index contributed by atoms with van der Waals surface area (Å²) in [5.74, 6) is 0.919. The molecule has 0 atom stereocenters. The number of carbonyl (C=O) groups excluding carboxylic acids is 1. The van der Waals surface area contributed by atoms with E-state index in [9.17, 15) is 4.79 Å². The smallest absolute Gasteiger partial charge is 0.255 e. The zero-order valence-electron chi connectivity index (χ0n) is 16.1. The molecule has 1 aliphatic heterocycles. The number of benzene rings is 1. The van der Waals surface area contributed by atoms with Crippen molar-refractivity contribution >= 4 is 11.9 Å². The molecule has 1 fully saturated rings. The Morgan fingerprint density at radius 3 is 2.89 bits per heavy atom. The van der Waals surface area contributed by atoms with Crippen LogP contribution in [0.1, 0.15) is 18.9 Å². The lowest BCUT2D eigenvalue weighted by atomic mass is 10.2. The molecule has 0 unspecified atom stereocenters. The first-order chi connectivity index (χ1) is 13.2. The van der Waals surface area contributed by atoms with Crippen molar-refractivity contribution in [2.45, 2.75) is 19.9 Å². The molecule has 2 rings (SSSR count). The Labute approximate surface area is 161 Å². The van der Waals surface area contributed by atoms with E-state index in [-0.39, 0.29) is 6.61 Å². The van der Waals surface area contributed by atoms with Crippen LogP contribution >= 0.6 is 0 Å². The Kier molecular flexibility index (Phi) is 9.43. The molecule has 150 valence electrons. The van der Waals surface area contributed by atoms with Crippen LogP contribution in [0.4, 0.5) is 0 Å². The van der Waals surface area contributed by atoms with Crippen LogP contribution in [0.2, 0.25) is 0 Å². The van der Waals surface area contributed by atoms with E-state index in [2.05, 4.69) is 20.5 Å². The van der Waals surface area contributed by atoms with Crippen molar-refractivity contribution in [1.29, 1.82) is 0 Å². The van der Waals surface area contributed by atoms with Crippen LogP contribution in [0.5, 0.6) is 5.75 Å². The Balaban J connectivity index is 1.78. The second kappa shape index (κ2) is 12.1. The fraction of sp³-hybridized carbons (Fsp3) is 0.579. The van der Waals surface area contributed by atoms with Crippen LogP contribution in [0.25, 0.3) is 0 Å². The number of amides is 1. The Bertz CT molecular complexity index is 603. The molecule has 0 saturated carbocycles. The quantitative estimate of drug-likeness (QED) is 0.309. The second-order valence-electron chi connectivity index (χ2n) is 6.33. The van der Waals surface area contributed by atoms with Gasteiger partial charge in [-0.2, -0.15) is 0 Å². The lowest BCUT2D eigenvalue weighted by Crippen LogP contribution is -2.40. The highest BCUT2D eigenvalue weighted by molar-refractivity contribution is 5.79. The minimum atomic E-state index is -0.492. The number of aliphatic imine (C=N–C) groups is 1. The average molecular weight is 377 g/mol. The van der Waals surface area contributed by atoms with Gasteiger partial charge in [-0.3, -0.25) is 9.69 Å². The van der Waals surface area contributed by atoms with Crippen LogP contribution in [0.3, 0.4) is 0 Å².